The minimum Gasteiger partial charge on any atom is -0.497 e. The Labute approximate surface area is 208 Å². The highest BCUT2D eigenvalue weighted by molar-refractivity contribution is 7.92. The summed E-state index contributed by atoms with van der Waals surface area (Å²) in [4.78, 5) is 20.8. The molecule has 36 heavy (non-hydrogen) atoms. The van der Waals surface area contributed by atoms with Crippen LogP contribution in [-0.2, 0) is 14.8 Å². The van der Waals surface area contributed by atoms with E-state index in [4.69, 9.17) is 9.47 Å². The highest BCUT2D eigenvalue weighted by Gasteiger charge is 2.20. The van der Waals surface area contributed by atoms with Crippen molar-refractivity contribution in [2.45, 2.75) is 18.2 Å². The van der Waals surface area contributed by atoms with Gasteiger partial charge in [0.05, 0.1) is 30.1 Å². The molecule has 0 saturated carbocycles. The van der Waals surface area contributed by atoms with E-state index in [9.17, 15) is 13.2 Å². The monoisotopic (exact) mass is 507 g/mol. The minimum atomic E-state index is -4.08. The zero-order valence-corrected chi connectivity index (χ0v) is 20.7. The summed E-state index contributed by atoms with van der Waals surface area (Å²) in [7, 11) is -1.02. The molecule has 0 unspecified atom stereocenters. The molecule has 0 atom stereocenters. The molecule has 1 amide bonds. The van der Waals surface area contributed by atoms with Crippen molar-refractivity contribution in [3.05, 3.63) is 66.7 Å². The van der Waals surface area contributed by atoms with E-state index in [1.165, 1.54) is 26.4 Å². The van der Waals surface area contributed by atoms with Crippen LogP contribution in [0.4, 0.5) is 23.0 Å². The number of carbonyl (C=O) groups excluding carboxylic acids is 1. The van der Waals surface area contributed by atoms with Crippen LogP contribution in [0.15, 0.2) is 71.6 Å². The molecule has 186 valence electrons. The van der Waals surface area contributed by atoms with Gasteiger partial charge in [-0.3, -0.25) is 9.52 Å². The molecule has 0 aliphatic heterocycles. The van der Waals surface area contributed by atoms with E-state index in [0.717, 1.165) is 0 Å². The molecule has 4 aromatic rings. The van der Waals surface area contributed by atoms with Gasteiger partial charge in [0.2, 0.25) is 5.91 Å². The molecule has 0 spiro atoms. The number of hydrogen-bond donors (Lipinski definition) is 3. The van der Waals surface area contributed by atoms with Crippen LogP contribution in [0.3, 0.4) is 0 Å². The molecule has 11 heteroatoms. The molecule has 4 rings (SSSR count). The summed E-state index contributed by atoms with van der Waals surface area (Å²) in [6.07, 6.45) is 0.270. The van der Waals surface area contributed by atoms with Gasteiger partial charge in [-0.15, -0.1) is 0 Å². The van der Waals surface area contributed by atoms with Crippen molar-refractivity contribution in [3.8, 4) is 11.5 Å². The lowest BCUT2D eigenvalue weighted by Crippen LogP contribution is -2.17. The van der Waals surface area contributed by atoms with Gasteiger partial charge < -0.3 is 20.1 Å². The fraction of sp³-hybridized carbons (Fsp3) is 0.160. The van der Waals surface area contributed by atoms with E-state index < -0.39 is 10.0 Å². The number of hydrogen-bond acceptors (Lipinski definition) is 8. The highest BCUT2D eigenvalue weighted by Crippen LogP contribution is 2.31. The first-order valence-corrected chi connectivity index (χ1v) is 12.5. The fourth-order valence-electron chi connectivity index (χ4n) is 3.35. The molecule has 0 fully saturated rings. The quantitative estimate of drug-likeness (QED) is 0.301. The van der Waals surface area contributed by atoms with Gasteiger partial charge in [0, 0.05) is 36.0 Å². The van der Waals surface area contributed by atoms with E-state index >= 15 is 0 Å². The van der Waals surface area contributed by atoms with Crippen LogP contribution < -0.4 is 24.8 Å². The number of carbonyl (C=O) groups is 1. The molecule has 0 radical (unpaired) electrons. The number of anilines is 4. The third-order valence-corrected chi connectivity index (χ3v) is 6.50. The van der Waals surface area contributed by atoms with Crippen LogP contribution in [0, 0.1) is 0 Å². The predicted molar refractivity (Wildman–Crippen MR) is 139 cm³/mol. The Kier molecular flexibility index (Phi) is 7.20. The lowest BCUT2D eigenvalue weighted by molar-refractivity contribution is -0.115. The van der Waals surface area contributed by atoms with Crippen LogP contribution in [0.1, 0.15) is 13.3 Å². The van der Waals surface area contributed by atoms with Crippen molar-refractivity contribution in [1.29, 1.82) is 0 Å². The second-order valence-corrected chi connectivity index (χ2v) is 9.35. The Morgan fingerprint density at radius 1 is 0.833 bits per heavy atom. The molecule has 1 heterocycles. The molecule has 0 aliphatic carbocycles. The maximum absolute atomic E-state index is 13.3. The molecule has 0 saturated heterocycles. The smallest absolute Gasteiger partial charge is 0.263 e. The number of rotatable bonds is 9. The number of nitrogens with zero attached hydrogens (tertiary/aromatic N) is 2. The largest absolute Gasteiger partial charge is 0.497 e. The van der Waals surface area contributed by atoms with E-state index in [0.29, 0.717) is 33.9 Å². The van der Waals surface area contributed by atoms with Crippen molar-refractivity contribution in [2.75, 3.05) is 29.6 Å². The van der Waals surface area contributed by atoms with Gasteiger partial charge in [0.25, 0.3) is 10.0 Å². The SMILES string of the molecule is CCC(=O)Nc1cccc(S(=O)(=O)Nc2nc3ccccc3nc2Nc2cc(OC)cc(OC)c2)c1. The molecule has 10 nitrogen and oxygen atoms in total. The number of methoxy groups -OCH3 is 2. The first-order valence-electron chi connectivity index (χ1n) is 11.0. The van der Waals surface area contributed by atoms with E-state index in [-0.39, 0.29) is 28.9 Å². The van der Waals surface area contributed by atoms with Crippen molar-refractivity contribution in [2.24, 2.45) is 0 Å². The minimum absolute atomic E-state index is 0.00140. The number of para-hydroxylation sites is 2. The summed E-state index contributed by atoms with van der Waals surface area (Å²) in [6, 6.07) is 18.2. The van der Waals surface area contributed by atoms with Crippen LogP contribution in [0.5, 0.6) is 11.5 Å². The average molecular weight is 508 g/mol. The predicted octanol–water partition coefficient (Wildman–Crippen LogP) is 4.54. The first-order chi connectivity index (χ1) is 17.3. The summed E-state index contributed by atoms with van der Waals surface area (Å²) in [5.74, 6) is 1.04. The first kappa shape index (κ1) is 24.7. The second kappa shape index (κ2) is 10.5. The molecule has 3 aromatic carbocycles. The van der Waals surface area contributed by atoms with Crippen molar-refractivity contribution in [1.82, 2.24) is 9.97 Å². The van der Waals surface area contributed by atoms with Crippen molar-refractivity contribution in [3.63, 3.8) is 0 Å². The van der Waals surface area contributed by atoms with Crippen LogP contribution in [-0.4, -0.2) is 38.5 Å². The average Bonchev–Trinajstić information content (AvgIpc) is 2.88. The van der Waals surface area contributed by atoms with Gasteiger partial charge in [-0.25, -0.2) is 18.4 Å². The Balaban J connectivity index is 1.74. The van der Waals surface area contributed by atoms with Crippen LogP contribution >= 0.6 is 0 Å². The fourth-order valence-corrected chi connectivity index (χ4v) is 4.41. The maximum atomic E-state index is 13.3. The zero-order valence-electron chi connectivity index (χ0n) is 19.9. The number of amides is 1. The summed E-state index contributed by atoms with van der Waals surface area (Å²) < 4.78 is 39.8. The number of nitrogens with one attached hydrogen (secondary N) is 3. The molecular weight excluding hydrogens is 482 g/mol. The van der Waals surface area contributed by atoms with Gasteiger partial charge in [-0.05, 0) is 30.3 Å². The molecule has 3 N–H and O–H groups in total. The van der Waals surface area contributed by atoms with Gasteiger partial charge >= 0.3 is 0 Å². The summed E-state index contributed by atoms with van der Waals surface area (Å²) >= 11 is 0. The van der Waals surface area contributed by atoms with E-state index in [1.54, 1.807) is 55.5 Å². The third-order valence-electron chi connectivity index (χ3n) is 5.16. The molecule has 1 aromatic heterocycles. The Morgan fingerprint density at radius 2 is 1.47 bits per heavy atom. The topological polar surface area (TPSA) is 132 Å². The lowest BCUT2D eigenvalue weighted by Gasteiger charge is -2.15. The maximum Gasteiger partial charge on any atom is 0.263 e. The lowest BCUT2D eigenvalue weighted by atomic mass is 10.2. The van der Waals surface area contributed by atoms with Crippen LogP contribution in [0.2, 0.25) is 0 Å². The van der Waals surface area contributed by atoms with Crippen LogP contribution in [0.25, 0.3) is 11.0 Å². The summed E-state index contributed by atoms with van der Waals surface area (Å²) in [6.45, 7) is 1.71. The number of benzene rings is 3. The number of fused-ring (bicyclic) bond motifs is 1. The Bertz CT molecular complexity index is 1500. The molecule has 0 bridgehead atoms. The van der Waals surface area contributed by atoms with Gasteiger partial charge in [-0.1, -0.05) is 25.1 Å². The summed E-state index contributed by atoms with van der Waals surface area (Å²) in [5, 5.41) is 5.78. The normalized spacial score (nSPS) is 11.1. The molecular formula is C25H25N5O5S. The number of aromatic nitrogens is 2. The Morgan fingerprint density at radius 3 is 2.08 bits per heavy atom. The summed E-state index contributed by atoms with van der Waals surface area (Å²) in [5.41, 5.74) is 2.01. The van der Waals surface area contributed by atoms with Crippen molar-refractivity contribution < 1.29 is 22.7 Å². The van der Waals surface area contributed by atoms with Crippen molar-refractivity contribution >= 4 is 50.0 Å². The highest BCUT2D eigenvalue weighted by atomic mass is 32.2. The zero-order chi connectivity index (χ0) is 25.7. The standard InChI is InChI=1S/C25H25N5O5S/c1-4-23(31)26-16-8-7-9-20(14-16)36(32,33)30-25-24(28-21-10-5-6-11-22(21)29-25)27-17-12-18(34-2)15-19(13-17)35-3/h5-15H,4H2,1-3H3,(H,26,31)(H,27,28)(H,29,30). The van der Waals surface area contributed by atoms with Gasteiger partial charge in [-0.2, -0.15) is 0 Å². The van der Waals surface area contributed by atoms with E-state index in [1.807, 2.05) is 6.07 Å². The number of ether oxygens (including phenoxy) is 2. The van der Waals surface area contributed by atoms with E-state index in [2.05, 4.69) is 25.3 Å². The van der Waals surface area contributed by atoms with Gasteiger partial charge in [0.15, 0.2) is 11.6 Å². The molecule has 0 aliphatic rings. The third kappa shape index (κ3) is 5.63. The second-order valence-electron chi connectivity index (χ2n) is 7.67. The Hall–Kier alpha value is -4.38. The number of sulfonamides is 1. The van der Waals surface area contributed by atoms with Gasteiger partial charge in [0.1, 0.15) is 11.5 Å².